The van der Waals surface area contributed by atoms with Crippen molar-refractivity contribution in [2.24, 2.45) is 0 Å². The predicted molar refractivity (Wildman–Crippen MR) is 139 cm³/mol. The van der Waals surface area contributed by atoms with Crippen molar-refractivity contribution in [3.8, 4) is 5.75 Å². The van der Waals surface area contributed by atoms with Gasteiger partial charge in [-0.3, -0.25) is 14.7 Å². The Hall–Kier alpha value is -3.97. The predicted octanol–water partition coefficient (Wildman–Crippen LogP) is 4.36. The summed E-state index contributed by atoms with van der Waals surface area (Å²) in [4.78, 5) is 22.6. The van der Waals surface area contributed by atoms with Crippen LogP contribution in [0.25, 0.3) is 0 Å². The summed E-state index contributed by atoms with van der Waals surface area (Å²) in [6.45, 7) is 5.04. The number of hydrogen-bond donors (Lipinski definition) is 1. The Morgan fingerprint density at radius 3 is 2.36 bits per heavy atom. The molecule has 0 aliphatic carbocycles. The van der Waals surface area contributed by atoms with Crippen LogP contribution in [-0.4, -0.2) is 45.7 Å². The van der Waals surface area contributed by atoms with E-state index >= 15 is 0 Å². The molecule has 184 valence electrons. The van der Waals surface area contributed by atoms with Crippen LogP contribution in [0, 0.1) is 12.7 Å². The second-order valence-corrected chi connectivity index (χ2v) is 9.15. The van der Waals surface area contributed by atoms with Crippen LogP contribution in [0.5, 0.6) is 5.75 Å². The number of aromatic nitrogens is 2. The summed E-state index contributed by atoms with van der Waals surface area (Å²) < 4.78 is 15.1. The van der Waals surface area contributed by atoms with Crippen LogP contribution >= 0.6 is 0 Å². The number of pyridine rings is 2. The maximum Gasteiger partial charge on any atom is 0.259 e. The van der Waals surface area contributed by atoms with Gasteiger partial charge in [0.1, 0.15) is 11.6 Å². The Morgan fingerprint density at radius 1 is 0.972 bits per heavy atom. The number of hydrogen-bond acceptors (Lipinski definition) is 5. The largest absolute Gasteiger partial charge is 0.507 e. The highest BCUT2D eigenvalue weighted by molar-refractivity contribution is 5.47. The molecule has 0 amide bonds. The highest BCUT2D eigenvalue weighted by Gasteiger charge is 2.31. The number of benzene rings is 2. The van der Waals surface area contributed by atoms with Gasteiger partial charge in [0.15, 0.2) is 0 Å². The van der Waals surface area contributed by atoms with E-state index in [0.717, 1.165) is 16.8 Å². The van der Waals surface area contributed by atoms with Crippen molar-refractivity contribution in [2.45, 2.75) is 19.5 Å². The summed E-state index contributed by atoms with van der Waals surface area (Å²) >= 11 is 0. The van der Waals surface area contributed by atoms with E-state index in [0.29, 0.717) is 44.0 Å². The van der Waals surface area contributed by atoms with Crippen molar-refractivity contribution in [1.82, 2.24) is 14.5 Å². The minimum atomic E-state index is -0.441. The zero-order valence-electron chi connectivity index (χ0n) is 20.2. The molecule has 0 bridgehead atoms. The molecule has 3 heterocycles. The fourth-order valence-electron chi connectivity index (χ4n) is 4.98. The first kappa shape index (κ1) is 23.8. The number of nitrogens with zero attached hydrogens (tertiary/aromatic N) is 4. The first-order valence-electron chi connectivity index (χ1n) is 12.1. The van der Waals surface area contributed by atoms with Gasteiger partial charge in [0.25, 0.3) is 5.56 Å². The van der Waals surface area contributed by atoms with E-state index in [-0.39, 0.29) is 17.1 Å². The molecular weight excluding hydrogens is 455 g/mol. The average molecular weight is 485 g/mol. The van der Waals surface area contributed by atoms with Crippen molar-refractivity contribution in [2.75, 3.05) is 31.1 Å². The van der Waals surface area contributed by atoms with Gasteiger partial charge in [-0.15, -0.1) is 0 Å². The minimum absolute atomic E-state index is 0.00312. The quantitative estimate of drug-likeness (QED) is 0.441. The van der Waals surface area contributed by atoms with Crippen molar-refractivity contribution in [1.29, 1.82) is 0 Å². The Bertz CT molecular complexity index is 1370. The summed E-state index contributed by atoms with van der Waals surface area (Å²) in [7, 11) is 0. The molecule has 1 aliphatic rings. The number of halogens is 1. The van der Waals surface area contributed by atoms with Gasteiger partial charge in [-0.05, 0) is 54.4 Å². The number of piperazine rings is 1. The lowest BCUT2D eigenvalue weighted by atomic mass is 9.97. The van der Waals surface area contributed by atoms with E-state index in [1.54, 1.807) is 35.2 Å². The fourth-order valence-corrected chi connectivity index (χ4v) is 4.98. The topological polar surface area (TPSA) is 61.6 Å². The van der Waals surface area contributed by atoms with Crippen LogP contribution in [-0.2, 0) is 6.54 Å². The Balaban J connectivity index is 1.50. The van der Waals surface area contributed by atoms with E-state index in [2.05, 4.69) is 14.8 Å². The first-order chi connectivity index (χ1) is 17.5. The molecule has 2 aromatic heterocycles. The SMILES string of the molecule is Cc1cc(O)c([C@H](c2cccnc2)N2CCN(c3ccc(F)cc3)CC2)c(=O)n1Cc1ccccc1. The molecule has 6 nitrogen and oxygen atoms in total. The van der Waals surface area contributed by atoms with Gasteiger partial charge in [-0.1, -0.05) is 36.4 Å². The Kier molecular flexibility index (Phi) is 6.82. The molecular formula is C29H29FN4O2. The van der Waals surface area contributed by atoms with Gasteiger partial charge < -0.3 is 14.6 Å². The maximum atomic E-state index is 13.9. The normalized spacial score (nSPS) is 15.1. The van der Waals surface area contributed by atoms with Crippen molar-refractivity contribution < 1.29 is 9.50 Å². The van der Waals surface area contributed by atoms with E-state index in [1.807, 2.05) is 49.4 Å². The van der Waals surface area contributed by atoms with Gasteiger partial charge in [0.05, 0.1) is 18.2 Å². The van der Waals surface area contributed by atoms with Crippen LogP contribution in [0.3, 0.4) is 0 Å². The lowest BCUT2D eigenvalue weighted by Crippen LogP contribution is -2.49. The standard InChI is InChI=1S/C29H29FN4O2/c1-21-18-26(35)27(29(36)34(21)20-22-6-3-2-4-7-22)28(23-8-5-13-31-19-23)33-16-14-32(15-17-33)25-11-9-24(30)10-12-25/h2-13,18-19,28,35H,14-17,20H2,1H3/t28-/m0/s1. The highest BCUT2D eigenvalue weighted by Crippen LogP contribution is 2.33. The molecule has 1 fully saturated rings. The van der Waals surface area contributed by atoms with Crippen LogP contribution in [0.15, 0.2) is 90.0 Å². The summed E-state index contributed by atoms with van der Waals surface area (Å²) in [5.74, 6) is -0.257. The smallest absolute Gasteiger partial charge is 0.259 e. The zero-order chi connectivity index (χ0) is 25.1. The van der Waals surface area contributed by atoms with Gasteiger partial charge in [0.2, 0.25) is 0 Å². The number of anilines is 1. The molecule has 2 aromatic carbocycles. The molecule has 0 unspecified atom stereocenters. The molecule has 0 radical (unpaired) electrons. The van der Waals surface area contributed by atoms with Crippen molar-refractivity contribution in [3.05, 3.63) is 124 Å². The van der Waals surface area contributed by atoms with E-state index in [1.165, 1.54) is 12.1 Å². The summed E-state index contributed by atoms with van der Waals surface area (Å²) in [5.41, 5.74) is 3.71. The number of aryl methyl sites for hydroxylation is 1. The molecule has 7 heteroatoms. The van der Waals surface area contributed by atoms with Gasteiger partial charge in [-0.2, -0.15) is 0 Å². The lowest BCUT2D eigenvalue weighted by Gasteiger charge is -2.40. The zero-order valence-corrected chi connectivity index (χ0v) is 20.2. The minimum Gasteiger partial charge on any atom is -0.507 e. The maximum absolute atomic E-state index is 13.9. The number of rotatable bonds is 6. The van der Waals surface area contributed by atoms with Gasteiger partial charge in [0, 0.05) is 50.0 Å². The molecule has 5 rings (SSSR count). The molecule has 4 aromatic rings. The van der Waals surface area contributed by atoms with E-state index in [4.69, 9.17) is 0 Å². The lowest BCUT2D eigenvalue weighted by molar-refractivity contribution is 0.207. The molecule has 0 spiro atoms. The van der Waals surface area contributed by atoms with Gasteiger partial charge in [-0.25, -0.2) is 4.39 Å². The number of aromatic hydroxyl groups is 1. The average Bonchev–Trinajstić information content (AvgIpc) is 2.91. The molecule has 1 N–H and O–H groups in total. The Morgan fingerprint density at radius 2 is 1.69 bits per heavy atom. The second kappa shape index (κ2) is 10.3. The van der Waals surface area contributed by atoms with Crippen LogP contribution in [0.4, 0.5) is 10.1 Å². The third-order valence-corrected chi connectivity index (χ3v) is 6.85. The van der Waals surface area contributed by atoms with Gasteiger partial charge >= 0.3 is 0 Å². The van der Waals surface area contributed by atoms with Crippen molar-refractivity contribution in [3.63, 3.8) is 0 Å². The summed E-state index contributed by atoms with van der Waals surface area (Å²) in [5, 5.41) is 11.1. The molecule has 36 heavy (non-hydrogen) atoms. The summed E-state index contributed by atoms with van der Waals surface area (Å²) in [6, 6.07) is 21.4. The third-order valence-electron chi connectivity index (χ3n) is 6.85. The molecule has 1 aliphatic heterocycles. The second-order valence-electron chi connectivity index (χ2n) is 9.15. The van der Waals surface area contributed by atoms with Crippen LogP contribution in [0.2, 0.25) is 0 Å². The third kappa shape index (κ3) is 4.88. The molecule has 1 atom stereocenters. The first-order valence-corrected chi connectivity index (χ1v) is 12.1. The van der Waals surface area contributed by atoms with Crippen LogP contribution in [0.1, 0.15) is 28.4 Å². The molecule has 1 saturated heterocycles. The fraction of sp³-hybridized carbons (Fsp3) is 0.241. The van der Waals surface area contributed by atoms with Crippen molar-refractivity contribution >= 4 is 5.69 Å². The highest BCUT2D eigenvalue weighted by atomic mass is 19.1. The Labute approximate surface area is 209 Å². The molecule has 0 saturated carbocycles. The van der Waals surface area contributed by atoms with E-state index < -0.39 is 6.04 Å². The van der Waals surface area contributed by atoms with E-state index in [9.17, 15) is 14.3 Å². The van der Waals surface area contributed by atoms with Crippen LogP contribution < -0.4 is 10.5 Å². The monoisotopic (exact) mass is 484 g/mol. The summed E-state index contributed by atoms with van der Waals surface area (Å²) in [6.07, 6.45) is 3.47.